The lowest BCUT2D eigenvalue weighted by Crippen LogP contribution is -2.46. The number of hydrogen-bond acceptors (Lipinski definition) is 4. The summed E-state index contributed by atoms with van der Waals surface area (Å²) in [6.07, 6.45) is -1.08. The maximum absolute atomic E-state index is 13.1. The number of rotatable bonds is 9. The molecule has 0 bridgehead atoms. The third-order valence-corrected chi connectivity index (χ3v) is 6.42. The highest BCUT2D eigenvalue weighted by Gasteiger charge is 2.34. The molecule has 0 fully saturated rings. The van der Waals surface area contributed by atoms with Gasteiger partial charge in [0.1, 0.15) is 0 Å². The monoisotopic (exact) mass is 438 g/mol. The van der Waals surface area contributed by atoms with Crippen LogP contribution >= 0.6 is 0 Å². The first-order valence-corrected chi connectivity index (χ1v) is 11.4. The van der Waals surface area contributed by atoms with E-state index in [2.05, 4.69) is 10.0 Å². The number of nitrogens with one attached hydrogen (secondary N) is 2. The van der Waals surface area contributed by atoms with Crippen LogP contribution in [0.15, 0.2) is 95.9 Å². The van der Waals surface area contributed by atoms with Crippen LogP contribution in [-0.2, 0) is 19.6 Å². The van der Waals surface area contributed by atoms with Crippen molar-refractivity contribution >= 4 is 15.9 Å². The molecule has 0 saturated carbocycles. The Morgan fingerprint density at radius 3 is 1.81 bits per heavy atom. The summed E-state index contributed by atoms with van der Waals surface area (Å²) in [4.78, 5) is 13.2. The number of sulfonamides is 1. The lowest BCUT2D eigenvalue weighted by atomic mass is 10.0. The first-order valence-electron chi connectivity index (χ1n) is 9.93. The van der Waals surface area contributed by atoms with Gasteiger partial charge in [-0.05, 0) is 30.2 Å². The van der Waals surface area contributed by atoms with Gasteiger partial charge in [-0.15, -0.1) is 0 Å². The molecule has 0 saturated heterocycles. The molecule has 0 aliphatic rings. The summed E-state index contributed by atoms with van der Waals surface area (Å²) in [6.45, 7) is 1.87. The summed E-state index contributed by atoms with van der Waals surface area (Å²) in [5, 5.41) is 2.92. The number of methoxy groups -OCH3 is 1. The first-order chi connectivity index (χ1) is 14.9. The average molecular weight is 439 g/mol. The van der Waals surface area contributed by atoms with E-state index in [0.29, 0.717) is 5.56 Å². The van der Waals surface area contributed by atoms with Crippen molar-refractivity contribution in [3.63, 3.8) is 0 Å². The van der Waals surface area contributed by atoms with Crippen LogP contribution < -0.4 is 10.0 Å². The highest BCUT2D eigenvalue weighted by atomic mass is 32.2. The molecule has 0 aromatic heterocycles. The van der Waals surface area contributed by atoms with Gasteiger partial charge in [0.2, 0.25) is 10.0 Å². The van der Waals surface area contributed by atoms with Crippen LogP contribution in [0.25, 0.3) is 0 Å². The van der Waals surface area contributed by atoms with Gasteiger partial charge in [-0.3, -0.25) is 4.79 Å². The predicted molar refractivity (Wildman–Crippen MR) is 120 cm³/mol. The highest BCUT2D eigenvalue weighted by molar-refractivity contribution is 7.89. The zero-order valence-electron chi connectivity index (χ0n) is 17.4. The normalized spacial score (nSPS) is 14.4. The molecule has 6 nitrogen and oxygen atoms in total. The molecular formula is C24H26N2O4S. The van der Waals surface area contributed by atoms with E-state index in [1.165, 1.54) is 19.2 Å². The molecule has 0 heterocycles. The third kappa shape index (κ3) is 5.79. The number of carbonyl (C=O) groups is 1. The van der Waals surface area contributed by atoms with Crippen molar-refractivity contribution in [2.24, 2.45) is 0 Å². The number of carbonyl (C=O) groups excluding carboxylic acids is 1. The molecule has 3 aromatic carbocycles. The second-order valence-electron chi connectivity index (χ2n) is 7.12. The lowest BCUT2D eigenvalue weighted by Gasteiger charge is -2.28. The molecular weight excluding hydrogens is 412 g/mol. The maximum Gasteiger partial charge on any atom is 0.251 e. The van der Waals surface area contributed by atoms with Crippen molar-refractivity contribution in [1.82, 2.24) is 10.0 Å². The van der Waals surface area contributed by atoms with Crippen LogP contribution in [0.4, 0.5) is 0 Å². The van der Waals surface area contributed by atoms with Gasteiger partial charge in [0.25, 0.3) is 5.91 Å². The minimum atomic E-state index is -3.89. The zero-order chi connectivity index (χ0) is 22.3. The summed E-state index contributed by atoms with van der Waals surface area (Å²) in [7, 11) is -2.49. The Morgan fingerprint density at radius 1 is 0.806 bits per heavy atom. The van der Waals surface area contributed by atoms with Crippen LogP contribution in [0.1, 0.15) is 30.1 Å². The van der Waals surface area contributed by atoms with Gasteiger partial charge < -0.3 is 10.1 Å². The van der Waals surface area contributed by atoms with Crippen LogP contribution in [0, 0.1) is 0 Å². The third-order valence-electron chi connectivity index (χ3n) is 4.97. The fraction of sp³-hybridized carbons (Fsp3) is 0.208. The molecule has 3 atom stereocenters. The Kier molecular flexibility index (Phi) is 7.57. The second-order valence-corrected chi connectivity index (χ2v) is 8.83. The molecule has 7 heteroatoms. The van der Waals surface area contributed by atoms with Crippen molar-refractivity contribution in [3.8, 4) is 0 Å². The van der Waals surface area contributed by atoms with E-state index in [1.54, 1.807) is 42.5 Å². The molecule has 162 valence electrons. The average Bonchev–Trinajstić information content (AvgIpc) is 2.80. The van der Waals surface area contributed by atoms with Crippen molar-refractivity contribution in [3.05, 3.63) is 102 Å². The van der Waals surface area contributed by atoms with Crippen molar-refractivity contribution in [2.45, 2.75) is 30.0 Å². The van der Waals surface area contributed by atoms with E-state index in [0.717, 1.165) is 5.56 Å². The second kappa shape index (κ2) is 10.3. The SMILES string of the molecule is COC(C(=O)N[C@H](C)c1ccccc1)C(NS(=O)(=O)c1ccccc1)c1ccccc1. The van der Waals surface area contributed by atoms with Crippen LogP contribution in [0.2, 0.25) is 0 Å². The van der Waals surface area contributed by atoms with E-state index in [4.69, 9.17) is 4.74 Å². The minimum absolute atomic E-state index is 0.115. The number of ether oxygens (including phenoxy) is 1. The molecule has 3 aromatic rings. The Bertz CT molecular complexity index is 1070. The van der Waals surface area contributed by atoms with Crippen LogP contribution in [0.3, 0.4) is 0 Å². The molecule has 2 N–H and O–H groups in total. The molecule has 31 heavy (non-hydrogen) atoms. The first kappa shape index (κ1) is 22.7. The predicted octanol–water partition coefficient (Wildman–Crippen LogP) is 3.60. The number of hydrogen-bond donors (Lipinski definition) is 2. The van der Waals surface area contributed by atoms with E-state index in [-0.39, 0.29) is 10.9 Å². The summed E-state index contributed by atoms with van der Waals surface area (Å²) in [5.74, 6) is -0.413. The zero-order valence-corrected chi connectivity index (χ0v) is 18.3. The minimum Gasteiger partial charge on any atom is -0.370 e. The van der Waals surface area contributed by atoms with Gasteiger partial charge in [-0.2, -0.15) is 0 Å². The Morgan fingerprint density at radius 2 is 1.29 bits per heavy atom. The maximum atomic E-state index is 13.1. The molecule has 0 aliphatic heterocycles. The Balaban J connectivity index is 1.89. The van der Waals surface area contributed by atoms with Gasteiger partial charge in [-0.1, -0.05) is 78.9 Å². The lowest BCUT2D eigenvalue weighted by molar-refractivity contribution is -0.133. The molecule has 0 radical (unpaired) electrons. The molecule has 1 amide bonds. The topological polar surface area (TPSA) is 84.5 Å². The quantitative estimate of drug-likeness (QED) is 0.535. The van der Waals surface area contributed by atoms with Crippen molar-refractivity contribution in [1.29, 1.82) is 0 Å². The van der Waals surface area contributed by atoms with E-state index >= 15 is 0 Å². The molecule has 2 unspecified atom stereocenters. The Hall–Kier alpha value is -3.00. The van der Waals surface area contributed by atoms with Gasteiger partial charge in [0.05, 0.1) is 17.0 Å². The fourth-order valence-corrected chi connectivity index (χ4v) is 4.56. The van der Waals surface area contributed by atoms with Crippen molar-refractivity contribution < 1.29 is 17.9 Å². The van der Waals surface area contributed by atoms with E-state index in [1.807, 2.05) is 43.3 Å². The van der Waals surface area contributed by atoms with Gasteiger partial charge in [0, 0.05) is 7.11 Å². The van der Waals surface area contributed by atoms with Gasteiger partial charge in [-0.25, -0.2) is 13.1 Å². The van der Waals surface area contributed by atoms with Crippen LogP contribution in [-0.4, -0.2) is 27.5 Å². The molecule has 3 rings (SSSR count). The van der Waals surface area contributed by atoms with Gasteiger partial charge in [0.15, 0.2) is 6.10 Å². The number of benzene rings is 3. The summed E-state index contributed by atoms with van der Waals surface area (Å²) in [5.41, 5.74) is 1.56. The summed E-state index contributed by atoms with van der Waals surface area (Å²) in [6, 6.07) is 25.3. The number of amides is 1. The molecule has 0 spiro atoms. The van der Waals surface area contributed by atoms with E-state index in [9.17, 15) is 13.2 Å². The molecule has 0 aliphatic carbocycles. The largest absolute Gasteiger partial charge is 0.370 e. The fourth-order valence-electron chi connectivity index (χ4n) is 3.31. The summed E-state index contributed by atoms with van der Waals surface area (Å²) < 4.78 is 34.2. The standard InChI is InChI=1S/C24H26N2O4S/c1-18(19-12-6-3-7-13-19)25-24(27)23(30-2)22(20-14-8-4-9-15-20)26-31(28,29)21-16-10-5-11-17-21/h3-18,22-23,26H,1-2H3,(H,25,27)/t18-,22?,23?/m1/s1. The smallest absolute Gasteiger partial charge is 0.251 e. The highest BCUT2D eigenvalue weighted by Crippen LogP contribution is 2.23. The summed E-state index contributed by atoms with van der Waals surface area (Å²) >= 11 is 0. The Labute approximate surface area is 183 Å². The van der Waals surface area contributed by atoms with Gasteiger partial charge >= 0.3 is 0 Å². The van der Waals surface area contributed by atoms with E-state index < -0.39 is 28.1 Å². The van der Waals surface area contributed by atoms with Crippen LogP contribution in [0.5, 0.6) is 0 Å². The van der Waals surface area contributed by atoms with Crippen molar-refractivity contribution in [2.75, 3.05) is 7.11 Å².